The highest BCUT2D eigenvalue weighted by Gasteiger charge is 2.32. The molecule has 5 heteroatoms. The van der Waals surface area contributed by atoms with Crippen molar-refractivity contribution in [3.8, 4) is 5.75 Å². The normalized spacial score (nSPS) is 12.2. The van der Waals surface area contributed by atoms with Gasteiger partial charge in [0, 0.05) is 21.1 Å². The number of benzene rings is 1. The molecular formula is C18H28N2O3. The van der Waals surface area contributed by atoms with Gasteiger partial charge in [-0.1, -0.05) is 39.8 Å². The van der Waals surface area contributed by atoms with Crippen molar-refractivity contribution in [2.24, 2.45) is 5.92 Å². The molecule has 0 aliphatic carbocycles. The van der Waals surface area contributed by atoms with E-state index in [1.54, 1.807) is 27.2 Å². The second-order valence-electron chi connectivity index (χ2n) is 6.63. The molecule has 0 saturated heterocycles. The number of rotatable bonds is 5. The minimum absolute atomic E-state index is 0.00977. The van der Waals surface area contributed by atoms with E-state index >= 15 is 0 Å². The van der Waals surface area contributed by atoms with Gasteiger partial charge in [-0.3, -0.25) is 9.69 Å². The van der Waals surface area contributed by atoms with Crippen LogP contribution in [0.2, 0.25) is 0 Å². The highest BCUT2D eigenvalue weighted by atomic mass is 16.6. The number of carbonyl (C=O) groups excluding carboxylic acids is 2. The molecule has 0 fully saturated rings. The van der Waals surface area contributed by atoms with Gasteiger partial charge in [0.1, 0.15) is 11.8 Å². The number of carbonyl (C=O) groups is 2. The Hall–Kier alpha value is -2.04. The summed E-state index contributed by atoms with van der Waals surface area (Å²) in [6.07, 6.45) is -0.528. The van der Waals surface area contributed by atoms with E-state index < -0.39 is 12.1 Å². The molecule has 0 bridgehead atoms. The molecule has 0 aliphatic heterocycles. The molecule has 0 heterocycles. The van der Waals surface area contributed by atoms with E-state index in [-0.39, 0.29) is 11.8 Å². The fourth-order valence-corrected chi connectivity index (χ4v) is 2.39. The number of likely N-dealkylation sites (N-methyl/N-ethyl adjacent to an activating group) is 2. The fraction of sp³-hybridized carbons (Fsp3) is 0.556. The van der Waals surface area contributed by atoms with Crippen LogP contribution in [0.3, 0.4) is 0 Å². The molecule has 128 valence electrons. The molecule has 0 saturated carbocycles. The van der Waals surface area contributed by atoms with Crippen LogP contribution in [0.5, 0.6) is 5.75 Å². The molecule has 0 N–H and O–H groups in total. The zero-order chi connectivity index (χ0) is 17.7. The number of nitrogens with zero attached hydrogens (tertiary/aromatic N) is 2. The van der Waals surface area contributed by atoms with Crippen molar-refractivity contribution in [2.75, 3.05) is 21.1 Å². The largest absolute Gasteiger partial charge is 0.415 e. The van der Waals surface area contributed by atoms with Crippen molar-refractivity contribution in [2.45, 2.75) is 39.7 Å². The number of hydrogen-bond donors (Lipinski definition) is 0. The van der Waals surface area contributed by atoms with Crippen molar-refractivity contribution >= 4 is 12.0 Å². The Morgan fingerprint density at radius 1 is 1.04 bits per heavy atom. The van der Waals surface area contributed by atoms with Crippen molar-refractivity contribution in [3.05, 3.63) is 29.8 Å². The molecule has 0 spiro atoms. The van der Waals surface area contributed by atoms with Crippen LogP contribution in [0, 0.1) is 5.92 Å². The smallest absolute Gasteiger partial charge is 0.410 e. The number of ether oxygens (including phenoxy) is 1. The van der Waals surface area contributed by atoms with Crippen molar-refractivity contribution < 1.29 is 14.3 Å². The van der Waals surface area contributed by atoms with Gasteiger partial charge in [0.15, 0.2) is 0 Å². The average molecular weight is 320 g/mol. The van der Waals surface area contributed by atoms with Crippen LogP contribution in [0.1, 0.15) is 39.2 Å². The Morgan fingerprint density at radius 2 is 1.65 bits per heavy atom. The first-order valence-electron chi connectivity index (χ1n) is 7.91. The van der Waals surface area contributed by atoms with Gasteiger partial charge >= 0.3 is 6.09 Å². The zero-order valence-electron chi connectivity index (χ0n) is 15.2. The van der Waals surface area contributed by atoms with Gasteiger partial charge in [0.25, 0.3) is 0 Å². The Kier molecular flexibility index (Phi) is 6.61. The van der Waals surface area contributed by atoms with Crippen LogP contribution in [0.15, 0.2) is 24.3 Å². The van der Waals surface area contributed by atoms with Crippen LogP contribution in [-0.2, 0) is 4.79 Å². The summed E-state index contributed by atoms with van der Waals surface area (Å²) in [5.41, 5.74) is 1.10. The van der Waals surface area contributed by atoms with Crippen LogP contribution in [-0.4, -0.2) is 49.0 Å². The lowest BCUT2D eigenvalue weighted by atomic mass is 10.0. The monoisotopic (exact) mass is 320 g/mol. The summed E-state index contributed by atoms with van der Waals surface area (Å²) >= 11 is 0. The van der Waals surface area contributed by atoms with Gasteiger partial charge in [-0.15, -0.1) is 0 Å². The summed E-state index contributed by atoms with van der Waals surface area (Å²) in [6, 6.07) is 6.91. The molecule has 0 aliphatic rings. The predicted octanol–water partition coefficient (Wildman–Crippen LogP) is 3.35. The molecule has 2 amide bonds. The van der Waals surface area contributed by atoms with E-state index in [1.165, 1.54) is 9.80 Å². The van der Waals surface area contributed by atoms with E-state index in [4.69, 9.17) is 4.74 Å². The maximum Gasteiger partial charge on any atom is 0.415 e. The van der Waals surface area contributed by atoms with Crippen LogP contribution < -0.4 is 4.74 Å². The second-order valence-corrected chi connectivity index (χ2v) is 6.63. The lowest BCUT2D eigenvalue weighted by Gasteiger charge is -2.31. The van der Waals surface area contributed by atoms with E-state index in [1.807, 2.05) is 32.0 Å². The lowest BCUT2D eigenvalue weighted by molar-refractivity contribution is -0.134. The van der Waals surface area contributed by atoms with Crippen molar-refractivity contribution in [1.29, 1.82) is 0 Å². The Labute approximate surface area is 139 Å². The summed E-state index contributed by atoms with van der Waals surface area (Å²) in [4.78, 5) is 27.6. The summed E-state index contributed by atoms with van der Waals surface area (Å²) in [5, 5.41) is 0. The second kappa shape index (κ2) is 7.99. The van der Waals surface area contributed by atoms with Gasteiger partial charge in [0.05, 0.1) is 0 Å². The summed E-state index contributed by atoms with van der Waals surface area (Å²) in [7, 11) is 4.96. The van der Waals surface area contributed by atoms with E-state index in [0.29, 0.717) is 11.7 Å². The molecule has 0 aromatic heterocycles. The molecule has 23 heavy (non-hydrogen) atoms. The molecule has 1 unspecified atom stereocenters. The Morgan fingerprint density at radius 3 is 2.13 bits per heavy atom. The minimum Gasteiger partial charge on any atom is -0.410 e. The first-order valence-corrected chi connectivity index (χ1v) is 7.91. The number of amides is 2. The quantitative estimate of drug-likeness (QED) is 0.836. The van der Waals surface area contributed by atoms with E-state index in [0.717, 1.165) is 5.56 Å². The van der Waals surface area contributed by atoms with Crippen LogP contribution >= 0.6 is 0 Å². The third-order valence-corrected chi connectivity index (χ3v) is 3.76. The van der Waals surface area contributed by atoms with E-state index in [2.05, 4.69) is 13.8 Å². The zero-order valence-corrected chi connectivity index (χ0v) is 15.2. The summed E-state index contributed by atoms with van der Waals surface area (Å²) in [6.45, 7) is 7.99. The molecule has 1 rings (SSSR count). The van der Waals surface area contributed by atoms with E-state index in [9.17, 15) is 9.59 Å². The highest BCUT2D eigenvalue weighted by Crippen LogP contribution is 2.21. The maximum atomic E-state index is 12.4. The standard InChI is InChI=1S/C18H28N2O3/c1-12(2)14-9-8-10-15(11-14)23-18(22)20(7)16(13(3)4)17(21)19(5)6/h8-13,16H,1-7H3. The molecule has 1 aromatic carbocycles. The molecule has 1 atom stereocenters. The van der Waals surface area contributed by atoms with Crippen LogP contribution in [0.25, 0.3) is 0 Å². The van der Waals surface area contributed by atoms with Gasteiger partial charge in [-0.05, 0) is 29.5 Å². The maximum absolute atomic E-state index is 12.4. The molecule has 5 nitrogen and oxygen atoms in total. The number of hydrogen-bond acceptors (Lipinski definition) is 3. The van der Waals surface area contributed by atoms with Crippen LogP contribution in [0.4, 0.5) is 4.79 Å². The van der Waals surface area contributed by atoms with Crippen molar-refractivity contribution in [1.82, 2.24) is 9.80 Å². The first-order chi connectivity index (χ1) is 10.6. The first kappa shape index (κ1) is 19.0. The topological polar surface area (TPSA) is 49.9 Å². The molecule has 0 radical (unpaired) electrons. The van der Waals surface area contributed by atoms with Gasteiger partial charge in [-0.2, -0.15) is 0 Å². The van der Waals surface area contributed by atoms with Crippen molar-refractivity contribution in [3.63, 3.8) is 0 Å². The molecule has 1 aromatic rings. The fourth-order valence-electron chi connectivity index (χ4n) is 2.39. The lowest BCUT2D eigenvalue weighted by Crippen LogP contribution is -2.50. The van der Waals surface area contributed by atoms with Gasteiger partial charge < -0.3 is 9.64 Å². The molecular weight excluding hydrogens is 292 g/mol. The summed E-state index contributed by atoms with van der Waals surface area (Å²) in [5.74, 6) is 0.720. The summed E-state index contributed by atoms with van der Waals surface area (Å²) < 4.78 is 5.44. The Balaban J connectivity index is 2.90. The SMILES string of the molecule is CC(C)c1cccc(OC(=O)N(C)C(C(=O)N(C)C)C(C)C)c1. The highest BCUT2D eigenvalue weighted by molar-refractivity contribution is 5.86. The van der Waals surface area contributed by atoms with Gasteiger partial charge in [0.2, 0.25) is 5.91 Å². The minimum atomic E-state index is -0.550. The predicted molar refractivity (Wildman–Crippen MR) is 91.6 cm³/mol. The Bertz CT molecular complexity index is 553. The average Bonchev–Trinajstić information content (AvgIpc) is 2.46. The third kappa shape index (κ3) is 4.98. The van der Waals surface area contributed by atoms with Gasteiger partial charge in [-0.25, -0.2) is 4.79 Å². The third-order valence-electron chi connectivity index (χ3n) is 3.76.